The Labute approximate surface area is 99.2 Å². The van der Waals surface area contributed by atoms with Crippen LogP contribution in [0.3, 0.4) is 0 Å². The summed E-state index contributed by atoms with van der Waals surface area (Å²) < 4.78 is 25.5. The normalized spacial score (nSPS) is 10.3. The van der Waals surface area contributed by atoms with E-state index in [0.717, 1.165) is 31.5 Å². The van der Waals surface area contributed by atoms with E-state index in [-0.39, 0.29) is 18.1 Å². The van der Waals surface area contributed by atoms with E-state index in [1.165, 1.54) is 6.07 Å². The molecule has 17 heavy (non-hydrogen) atoms. The number of halogens is 2. The highest BCUT2D eigenvalue weighted by atomic mass is 19.2. The second kappa shape index (κ2) is 6.96. The average Bonchev–Trinajstić information content (AvgIpc) is 2.30. The molecule has 0 saturated heterocycles. The van der Waals surface area contributed by atoms with Crippen molar-refractivity contribution < 1.29 is 13.6 Å². The predicted octanol–water partition coefficient (Wildman–Crippen LogP) is 2.29. The number of carbonyl (C=O) groups is 1. The molecule has 94 valence electrons. The van der Waals surface area contributed by atoms with E-state index in [1.807, 2.05) is 0 Å². The summed E-state index contributed by atoms with van der Waals surface area (Å²) in [5.74, 6) is -2.17. The van der Waals surface area contributed by atoms with Crippen LogP contribution in [0.15, 0.2) is 18.2 Å². The topological polar surface area (TPSA) is 41.1 Å². The zero-order valence-corrected chi connectivity index (χ0v) is 9.72. The summed E-state index contributed by atoms with van der Waals surface area (Å²) in [5, 5.41) is 5.43. The first-order valence-corrected chi connectivity index (χ1v) is 5.59. The third-order valence-corrected chi connectivity index (χ3v) is 2.20. The lowest BCUT2D eigenvalue weighted by Crippen LogP contribution is -2.28. The Bertz CT molecular complexity index is 383. The van der Waals surface area contributed by atoms with Gasteiger partial charge >= 0.3 is 0 Å². The van der Waals surface area contributed by atoms with Gasteiger partial charge in [0.05, 0.1) is 6.54 Å². The molecule has 5 heteroatoms. The molecule has 3 nitrogen and oxygen atoms in total. The fraction of sp³-hybridized carbons (Fsp3) is 0.417. The van der Waals surface area contributed by atoms with Crippen molar-refractivity contribution in [2.45, 2.75) is 19.8 Å². The van der Waals surface area contributed by atoms with E-state index in [2.05, 4.69) is 17.6 Å². The van der Waals surface area contributed by atoms with Crippen molar-refractivity contribution in [1.29, 1.82) is 0 Å². The van der Waals surface area contributed by atoms with Gasteiger partial charge in [-0.25, -0.2) is 8.78 Å². The smallest absolute Gasteiger partial charge is 0.238 e. The first-order valence-electron chi connectivity index (χ1n) is 5.59. The largest absolute Gasteiger partial charge is 0.325 e. The van der Waals surface area contributed by atoms with Crippen LogP contribution in [0.4, 0.5) is 14.5 Å². The highest BCUT2D eigenvalue weighted by molar-refractivity contribution is 5.92. The maximum absolute atomic E-state index is 12.8. The second-order valence-electron chi connectivity index (χ2n) is 3.71. The predicted molar refractivity (Wildman–Crippen MR) is 62.8 cm³/mol. The van der Waals surface area contributed by atoms with Gasteiger partial charge < -0.3 is 10.6 Å². The van der Waals surface area contributed by atoms with E-state index in [4.69, 9.17) is 0 Å². The summed E-state index contributed by atoms with van der Waals surface area (Å²) >= 11 is 0. The number of rotatable bonds is 6. The average molecular weight is 242 g/mol. The zero-order valence-electron chi connectivity index (χ0n) is 9.72. The molecule has 0 atom stereocenters. The Morgan fingerprint density at radius 3 is 2.71 bits per heavy atom. The summed E-state index contributed by atoms with van der Waals surface area (Å²) in [6.07, 6.45) is 2.05. The quantitative estimate of drug-likeness (QED) is 0.751. The maximum Gasteiger partial charge on any atom is 0.238 e. The molecule has 0 spiro atoms. The van der Waals surface area contributed by atoms with Crippen LogP contribution in [0.5, 0.6) is 0 Å². The number of amides is 1. The van der Waals surface area contributed by atoms with Gasteiger partial charge in [-0.1, -0.05) is 13.3 Å². The standard InChI is InChI=1S/C12H16F2N2O/c1-2-3-6-15-8-12(17)16-9-4-5-10(13)11(14)7-9/h4-5,7,15H,2-3,6,8H2,1H3,(H,16,17). The lowest BCUT2D eigenvalue weighted by atomic mass is 10.3. The highest BCUT2D eigenvalue weighted by Crippen LogP contribution is 2.12. The molecule has 0 heterocycles. The van der Waals surface area contributed by atoms with Crippen molar-refractivity contribution in [3.63, 3.8) is 0 Å². The van der Waals surface area contributed by atoms with Crippen molar-refractivity contribution in [2.24, 2.45) is 0 Å². The van der Waals surface area contributed by atoms with Gasteiger partial charge in [-0.2, -0.15) is 0 Å². The lowest BCUT2D eigenvalue weighted by molar-refractivity contribution is -0.115. The van der Waals surface area contributed by atoms with Crippen molar-refractivity contribution in [3.8, 4) is 0 Å². The number of unbranched alkanes of at least 4 members (excludes halogenated alkanes) is 1. The van der Waals surface area contributed by atoms with Crippen LogP contribution in [-0.2, 0) is 4.79 Å². The fourth-order valence-corrected chi connectivity index (χ4v) is 1.28. The molecule has 1 rings (SSSR count). The Morgan fingerprint density at radius 2 is 2.06 bits per heavy atom. The molecule has 2 N–H and O–H groups in total. The van der Waals surface area contributed by atoms with Gasteiger partial charge in [-0.15, -0.1) is 0 Å². The summed E-state index contributed by atoms with van der Waals surface area (Å²) in [7, 11) is 0. The summed E-state index contributed by atoms with van der Waals surface area (Å²) in [6.45, 7) is 2.99. The van der Waals surface area contributed by atoms with Gasteiger partial charge in [0, 0.05) is 11.8 Å². The minimum atomic E-state index is -0.971. The second-order valence-corrected chi connectivity index (χ2v) is 3.71. The molecular weight excluding hydrogens is 226 g/mol. The van der Waals surface area contributed by atoms with E-state index >= 15 is 0 Å². The molecule has 1 amide bonds. The molecule has 0 aliphatic rings. The molecule has 0 fully saturated rings. The Morgan fingerprint density at radius 1 is 1.29 bits per heavy atom. The summed E-state index contributed by atoms with van der Waals surface area (Å²) in [5.41, 5.74) is 0.256. The summed E-state index contributed by atoms with van der Waals surface area (Å²) in [6, 6.07) is 3.26. The van der Waals surface area contributed by atoms with Crippen molar-refractivity contribution in [1.82, 2.24) is 5.32 Å². The first kappa shape index (κ1) is 13.6. The summed E-state index contributed by atoms with van der Waals surface area (Å²) in [4.78, 5) is 11.4. The molecule has 0 aliphatic carbocycles. The van der Waals surface area contributed by atoms with E-state index < -0.39 is 11.6 Å². The third-order valence-electron chi connectivity index (χ3n) is 2.20. The highest BCUT2D eigenvalue weighted by Gasteiger charge is 2.05. The van der Waals surface area contributed by atoms with E-state index in [1.54, 1.807) is 0 Å². The number of hydrogen-bond donors (Lipinski definition) is 2. The molecule has 0 unspecified atom stereocenters. The molecular formula is C12H16F2N2O. The molecule has 1 aromatic carbocycles. The SMILES string of the molecule is CCCCNCC(=O)Nc1ccc(F)c(F)c1. The molecule has 0 saturated carbocycles. The van der Waals surface area contributed by atoms with Crippen LogP contribution in [0.2, 0.25) is 0 Å². The minimum absolute atomic E-state index is 0.166. The Kier molecular flexibility index (Phi) is 5.56. The van der Waals surface area contributed by atoms with Crippen molar-refractivity contribution in [3.05, 3.63) is 29.8 Å². The number of benzene rings is 1. The van der Waals surface area contributed by atoms with Crippen LogP contribution >= 0.6 is 0 Å². The Hall–Kier alpha value is -1.49. The van der Waals surface area contributed by atoms with Gasteiger partial charge in [0.25, 0.3) is 0 Å². The van der Waals surface area contributed by atoms with Crippen LogP contribution < -0.4 is 10.6 Å². The van der Waals surface area contributed by atoms with Gasteiger partial charge in [0.15, 0.2) is 11.6 Å². The van der Waals surface area contributed by atoms with Gasteiger partial charge in [0.1, 0.15) is 0 Å². The molecule has 0 aliphatic heterocycles. The van der Waals surface area contributed by atoms with E-state index in [0.29, 0.717) is 0 Å². The Balaban J connectivity index is 2.37. The van der Waals surface area contributed by atoms with Crippen LogP contribution in [-0.4, -0.2) is 19.0 Å². The lowest BCUT2D eigenvalue weighted by Gasteiger charge is -2.06. The number of hydrogen-bond acceptors (Lipinski definition) is 2. The molecule has 0 aromatic heterocycles. The third kappa shape index (κ3) is 4.91. The van der Waals surface area contributed by atoms with Gasteiger partial charge in [-0.3, -0.25) is 4.79 Å². The monoisotopic (exact) mass is 242 g/mol. The first-order chi connectivity index (χ1) is 8.13. The van der Waals surface area contributed by atoms with Crippen molar-refractivity contribution >= 4 is 11.6 Å². The minimum Gasteiger partial charge on any atom is -0.325 e. The maximum atomic E-state index is 12.8. The number of nitrogens with one attached hydrogen (secondary N) is 2. The van der Waals surface area contributed by atoms with Gasteiger partial charge in [0.2, 0.25) is 5.91 Å². The number of anilines is 1. The van der Waals surface area contributed by atoms with Crippen molar-refractivity contribution in [2.75, 3.05) is 18.4 Å². The molecule has 0 bridgehead atoms. The van der Waals surface area contributed by atoms with E-state index in [9.17, 15) is 13.6 Å². The van der Waals surface area contributed by atoms with Crippen LogP contribution in [0.1, 0.15) is 19.8 Å². The van der Waals surface area contributed by atoms with Crippen LogP contribution in [0.25, 0.3) is 0 Å². The van der Waals surface area contributed by atoms with Gasteiger partial charge in [-0.05, 0) is 25.1 Å². The number of carbonyl (C=O) groups excluding carboxylic acids is 1. The van der Waals surface area contributed by atoms with Crippen LogP contribution in [0, 0.1) is 11.6 Å². The molecule has 1 aromatic rings. The molecule has 0 radical (unpaired) electrons. The zero-order chi connectivity index (χ0) is 12.7. The fourth-order valence-electron chi connectivity index (χ4n) is 1.28.